The van der Waals surface area contributed by atoms with Crippen LogP contribution >= 0.6 is 0 Å². The van der Waals surface area contributed by atoms with Crippen molar-refractivity contribution in [3.63, 3.8) is 0 Å². The highest BCUT2D eigenvalue weighted by Crippen LogP contribution is 2.21. The molecule has 5 heteroatoms. The fourth-order valence-corrected chi connectivity index (χ4v) is 3.19. The van der Waals surface area contributed by atoms with Crippen molar-refractivity contribution in [1.29, 1.82) is 0 Å². The van der Waals surface area contributed by atoms with Crippen molar-refractivity contribution in [2.24, 2.45) is 0 Å². The minimum atomic E-state index is 0.00212. The highest BCUT2D eigenvalue weighted by molar-refractivity contribution is 6.05. The molecule has 2 aromatic heterocycles. The topological polar surface area (TPSA) is 58.1 Å². The van der Waals surface area contributed by atoms with Gasteiger partial charge in [-0.25, -0.2) is 0 Å². The molecule has 3 heterocycles. The monoisotopic (exact) mass is 318 g/mol. The first-order valence-corrected chi connectivity index (χ1v) is 8.11. The Hall–Kier alpha value is -2.95. The van der Waals surface area contributed by atoms with Gasteiger partial charge in [0.25, 0.3) is 5.91 Å². The second-order valence-electron chi connectivity index (χ2n) is 6.00. The molecule has 1 aliphatic rings. The molecule has 0 spiro atoms. The van der Waals surface area contributed by atoms with E-state index in [0.717, 1.165) is 29.4 Å². The molecule has 120 valence electrons. The van der Waals surface area contributed by atoms with Crippen LogP contribution in [0.5, 0.6) is 0 Å². The van der Waals surface area contributed by atoms with Crippen LogP contribution in [0.3, 0.4) is 0 Å². The lowest BCUT2D eigenvalue weighted by molar-refractivity contribution is 0.0788. The molecule has 1 saturated heterocycles. The molecule has 4 rings (SSSR count). The normalized spacial score (nSPS) is 17.2. The molecule has 1 N–H and O–H groups in total. The Morgan fingerprint density at radius 1 is 1.12 bits per heavy atom. The second kappa shape index (κ2) is 6.28. The maximum Gasteiger partial charge on any atom is 0.273 e. The number of carbonyl (C=O) groups is 1. The first-order valence-electron chi connectivity index (χ1n) is 8.11. The van der Waals surface area contributed by atoms with Gasteiger partial charge < -0.3 is 10.2 Å². The summed E-state index contributed by atoms with van der Waals surface area (Å²) in [6.07, 6.45) is 6.18. The average molecular weight is 318 g/mol. The zero-order valence-corrected chi connectivity index (χ0v) is 13.2. The number of hydrogen-bond acceptors (Lipinski definition) is 4. The van der Waals surface area contributed by atoms with Crippen molar-refractivity contribution in [1.82, 2.24) is 14.9 Å². The standard InChI is InChI=1S/C19H18N4O/c24-19(18-17-6-2-1-4-14(17)7-10-21-18)23-11-8-16(13-23)22-15-5-3-9-20-12-15/h1-7,9-10,12,16,22H,8,11,13H2/t16-/m1/s1. The van der Waals surface area contributed by atoms with Gasteiger partial charge in [-0.05, 0) is 30.0 Å². The first kappa shape index (κ1) is 14.6. The molecule has 1 fully saturated rings. The summed E-state index contributed by atoms with van der Waals surface area (Å²) in [5.74, 6) is 0.00212. The van der Waals surface area contributed by atoms with Crippen molar-refractivity contribution in [3.8, 4) is 0 Å². The molecule has 1 amide bonds. The molecule has 1 atom stereocenters. The lowest BCUT2D eigenvalue weighted by Gasteiger charge is -2.18. The van der Waals surface area contributed by atoms with Crippen LogP contribution in [-0.4, -0.2) is 39.9 Å². The maximum absolute atomic E-state index is 12.9. The number of carbonyl (C=O) groups excluding carboxylic acids is 1. The summed E-state index contributed by atoms with van der Waals surface area (Å²) >= 11 is 0. The van der Waals surface area contributed by atoms with Gasteiger partial charge in [0.05, 0.1) is 5.69 Å². The van der Waals surface area contributed by atoms with E-state index in [2.05, 4.69) is 15.3 Å². The SMILES string of the molecule is O=C(c1nccc2ccccc12)N1CC[C@@H](Nc2cccnc2)C1. The number of aromatic nitrogens is 2. The summed E-state index contributed by atoms with van der Waals surface area (Å²) in [5.41, 5.74) is 1.52. The number of rotatable bonds is 3. The maximum atomic E-state index is 12.9. The number of amides is 1. The molecule has 3 aromatic rings. The van der Waals surface area contributed by atoms with E-state index in [0.29, 0.717) is 12.2 Å². The molecule has 0 aliphatic carbocycles. The second-order valence-corrected chi connectivity index (χ2v) is 6.00. The van der Waals surface area contributed by atoms with Gasteiger partial charge in [0, 0.05) is 43.1 Å². The summed E-state index contributed by atoms with van der Waals surface area (Å²) in [4.78, 5) is 23.2. The number of anilines is 1. The molecule has 0 saturated carbocycles. The van der Waals surface area contributed by atoms with Crippen LogP contribution in [0.2, 0.25) is 0 Å². The molecule has 1 aliphatic heterocycles. The molecule has 1 aromatic carbocycles. The van der Waals surface area contributed by atoms with E-state index >= 15 is 0 Å². The van der Waals surface area contributed by atoms with E-state index in [4.69, 9.17) is 0 Å². The van der Waals surface area contributed by atoms with Crippen LogP contribution in [0, 0.1) is 0 Å². The van der Waals surface area contributed by atoms with E-state index < -0.39 is 0 Å². The fourth-order valence-electron chi connectivity index (χ4n) is 3.19. The molecule has 24 heavy (non-hydrogen) atoms. The van der Waals surface area contributed by atoms with E-state index in [1.165, 1.54) is 0 Å². The number of hydrogen-bond donors (Lipinski definition) is 1. The van der Waals surface area contributed by atoms with Crippen LogP contribution in [0.1, 0.15) is 16.9 Å². The van der Waals surface area contributed by atoms with Crippen LogP contribution in [0.4, 0.5) is 5.69 Å². The Labute approximate surface area is 140 Å². The number of benzene rings is 1. The van der Waals surface area contributed by atoms with Crippen LogP contribution in [-0.2, 0) is 0 Å². The molecule has 0 unspecified atom stereocenters. The third-order valence-electron chi connectivity index (χ3n) is 4.38. The lowest BCUT2D eigenvalue weighted by atomic mass is 10.1. The van der Waals surface area contributed by atoms with Gasteiger partial charge in [-0.2, -0.15) is 0 Å². The summed E-state index contributed by atoms with van der Waals surface area (Å²) < 4.78 is 0. The number of pyridine rings is 2. The molecular weight excluding hydrogens is 300 g/mol. The van der Waals surface area contributed by atoms with Crippen molar-refractivity contribution in [3.05, 3.63) is 66.7 Å². The highest BCUT2D eigenvalue weighted by Gasteiger charge is 2.28. The summed E-state index contributed by atoms with van der Waals surface area (Å²) in [5, 5.41) is 5.39. The summed E-state index contributed by atoms with van der Waals surface area (Å²) in [7, 11) is 0. The minimum absolute atomic E-state index is 0.00212. The third-order valence-corrected chi connectivity index (χ3v) is 4.38. The van der Waals surface area contributed by atoms with Crippen molar-refractivity contribution in [2.75, 3.05) is 18.4 Å². The number of likely N-dealkylation sites (tertiary alicyclic amines) is 1. The molecule has 0 bridgehead atoms. The Bertz CT molecular complexity index is 860. The highest BCUT2D eigenvalue weighted by atomic mass is 16.2. The van der Waals surface area contributed by atoms with E-state index in [1.807, 2.05) is 47.4 Å². The van der Waals surface area contributed by atoms with Gasteiger partial charge in [0.1, 0.15) is 5.69 Å². The van der Waals surface area contributed by atoms with Gasteiger partial charge >= 0.3 is 0 Å². The zero-order chi connectivity index (χ0) is 16.4. The molecular formula is C19H18N4O. The van der Waals surface area contributed by atoms with Gasteiger partial charge in [-0.3, -0.25) is 14.8 Å². The largest absolute Gasteiger partial charge is 0.379 e. The Morgan fingerprint density at radius 2 is 2.04 bits per heavy atom. The smallest absolute Gasteiger partial charge is 0.273 e. The Kier molecular flexibility index (Phi) is 3.83. The summed E-state index contributed by atoms with van der Waals surface area (Å²) in [6.45, 7) is 1.42. The number of nitrogens with zero attached hydrogens (tertiary/aromatic N) is 3. The van der Waals surface area contributed by atoms with Crippen LogP contribution in [0.25, 0.3) is 10.8 Å². The van der Waals surface area contributed by atoms with Crippen molar-refractivity contribution in [2.45, 2.75) is 12.5 Å². The molecule has 5 nitrogen and oxygen atoms in total. The van der Waals surface area contributed by atoms with Gasteiger partial charge in [-0.15, -0.1) is 0 Å². The van der Waals surface area contributed by atoms with Crippen LogP contribution in [0.15, 0.2) is 61.1 Å². The minimum Gasteiger partial charge on any atom is -0.379 e. The number of fused-ring (bicyclic) bond motifs is 1. The zero-order valence-electron chi connectivity index (χ0n) is 13.2. The Morgan fingerprint density at radius 3 is 2.92 bits per heavy atom. The van der Waals surface area contributed by atoms with Crippen molar-refractivity contribution < 1.29 is 4.79 Å². The van der Waals surface area contributed by atoms with E-state index in [1.54, 1.807) is 18.6 Å². The Balaban J connectivity index is 1.51. The third kappa shape index (κ3) is 2.80. The fraction of sp³-hybridized carbons (Fsp3) is 0.211. The first-order chi connectivity index (χ1) is 11.8. The predicted octanol–water partition coefficient (Wildman–Crippen LogP) is 2.96. The van der Waals surface area contributed by atoms with Gasteiger partial charge in [0.2, 0.25) is 0 Å². The average Bonchev–Trinajstić information content (AvgIpc) is 3.10. The van der Waals surface area contributed by atoms with Gasteiger partial charge in [-0.1, -0.05) is 24.3 Å². The van der Waals surface area contributed by atoms with E-state index in [-0.39, 0.29) is 11.9 Å². The van der Waals surface area contributed by atoms with E-state index in [9.17, 15) is 4.79 Å². The van der Waals surface area contributed by atoms with Crippen molar-refractivity contribution >= 4 is 22.4 Å². The predicted molar refractivity (Wildman–Crippen MR) is 93.9 cm³/mol. The quantitative estimate of drug-likeness (QED) is 0.806. The molecule has 0 radical (unpaired) electrons. The van der Waals surface area contributed by atoms with Gasteiger partial charge in [0.15, 0.2) is 0 Å². The lowest BCUT2D eigenvalue weighted by Crippen LogP contribution is -2.32. The van der Waals surface area contributed by atoms with Crippen LogP contribution < -0.4 is 5.32 Å². The summed E-state index contributed by atoms with van der Waals surface area (Å²) in [6, 6.07) is 13.9. The number of nitrogens with one attached hydrogen (secondary N) is 1.